The maximum Gasteiger partial charge on any atom is 0.231 e. The molecule has 3 rings (SSSR count). The highest BCUT2D eigenvalue weighted by atomic mass is 16.5. The summed E-state index contributed by atoms with van der Waals surface area (Å²) in [6.07, 6.45) is 1.68. The van der Waals surface area contributed by atoms with Crippen molar-refractivity contribution in [1.29, 1.82) is 0 Å². The summed E-state index contributed by atoms with van der Waals surface area (Å²) in [7, 11) is 0. The van der Waals surface area contributed by atoms with Crippen molar-refractivity contribution in [2.45, 2.75) is 13.8 Å². The number of hydrogen-bond donors (Lipinski definition) is 3. The summed E-state index contributed by atoms with van der Waals surface area (Å²) in [5.41, 5.74) is 2.27. The van der Waals surface area contributed by atoms with Crippen molar-refractivity contribution in [2.75, 3.05) is 23.8 Å². The van der Waals surface area contributed by atoms with Gasteiger partial charge < -0.3 is 15.4 Å². The van der Waals surface area contributed by atoms with Gasteiger partial charge in [-0.1, -0.05) is 6.07 Å². The standard InChI is InChI=1S/C18H19N7O/c1-12-10-14(22-15-11-13(2)24-25-15)23-18(17(12)19-3)21-8-9-26-16-6-4-5-7-20-16/h4-7,10-11H,8-9H2,1-2H3,(H3,21,22,23,24,25). The molecule has 0 amide bonds. The molecular formula is C18H19N7O. The van der Waals surface area contributed by atoms with Gasteiger partial charge in [-0.05, 0) is 31.5 Å². The number of rotatable bonds is 7. The summed E-state index contributed by atoms with van der Waals surface area (Å²) in [6.45, 7) is 12.1. The van der Waals surface area contributed by atoms with Crippen LogP contribution in [-0.2, 0) is 0 Å². The molecule has 3 aromatic heterocycles. The van der Waals surface area contributed by atoms with Crippen molar-refractivity contribution >= 4 is 23.1 Å². The number of pyridine rings is 2. The molecule has 0 fully saturated rings. The number of aromatic nitrogens is 4. The fraction of sp³-hybridized carbons (Fsp3) is 0.222. The number of hydrogen-bond acceptors (Lipinski definition) is 6. The van der Waals surface area contributed by atoms with Crippen molar-refractivity contribution < 1.29 is 4.74 Å². The van der Waals surface area contributed by atoms with E-state index >= 15 is 0 Å². The van der Waals surface area contributed by atoms with E-state index in [4.69, 9.17) is 11.3 Å². The molecule has 132 valence electrons. The maximum absolute atomic E-state index is 7.40. The zero-order valence-corrected chi connectivity index (χ0v) is 14.6. The normalized spacial score (nSPS) is 10.2. The lowest BCUT2D eigenvalue weighted by molar-refractivity contribution is 0.320. The topological polar surface area (TPSA) is 92.1 Å². The second-order valence-corrected chi connectivity index (χ2v) is 5.64. The van der Waals surface area contributed by atoms with Gasteiger partial charge in [-0.15, -0.1) is 0 Å². The van der Waals surface area contributed by atoms with Crippen LogP contribution in [0.4, 0.5) is 23.1 Å². The number of nitrogens with zero attached hydrogens (tertiary/aromatic N) is 4. The zero-order valence-electron chi connectivity index (χ0n) is 14.6. The van der Waals surface area contributed by atoms with Crippen molar-refractivity contribution in [3.63, 3.8) is 0 Å². The summed E-state index contributed by atoms with van der Waals surface area (Å²) in [6, 6.07) is 9.20. The van der Waals surface area contributed by atoms with Gasteiger partial charge in [-0.3, -0.25) is 5.10 Å². The predicted molar refractivity (Wildman–Crippen MR) is 100 cm³/mol. The van der Waals surface area contributed by atoms with Crippen LogP contribution >= 0.6 is 0 Å². The molecule has 0 unspecified atom stereocenters. The summed E-state index contributed by atoms with van der Waals surface area (Å²) in [5, 5.41) is 13.3. The molecule has 8 heteroatoms. The Labute approximate surface area is 151 Å². The number of anilines is 3. The molecule has 0 saturated carbocycles. The summed E-state index contributed by atoms with van der Waals surface area (Å²) < 4.78 is 5.55. The Morgan fingerprint density at radius 1 is 1.23 bits per heavy atom. The van der Waals surface area contributed by atoms with Gasteiger partial charge in [0.25, 0.3) is 0 Å². The summed E-state index contributed by atoms with van der Waals surface area (Å²) in [5.74, 6) is 2.37. The molecule has 0 atom stereocenters. The van der Waals surface area contributed by atoms with Gasteiger partial charge in [-0.25, -0.2) is 14.8 Å². The first-order valence-electron chi connectivity index (χ1n) is 8.11. The van der Waals surface area contributed by atoms with Crippen molar-refractivity contribution in [1.82, 2.24) is 20.2 Å². The fourth-order valence-electron chi connectivity index (χ4n) is 2.37. The second kappa shape index (κ2) is 7.98. The molecule has 0 aliphatic rings. The van der Waals surface area contributed by atoms with E-state index in [9.17, 15) is 0 Å². The lowest BCUT2D eigenvalue weighted by Crippen LogP contribution is -2.13. The van der Waals surface area contributed by atoms with E-state index < -0.39 is 0 Å². The minimum Gasteiger partial charge on any atom is -0.476 e. The van der Waals surface area contributed by atoms with E-state index in [0.717, 1.165) is 11.3 Å². The van der Waals surface area contributed by atoms with Crippen LogP contribution in [0.3, 0.4) is 0 Å². The highest BCUT2D eigenvalue weighted by molar-refractivity contribution is 5.73. The van der Waals surface area contributed by atoms with Gasteiger partial charge in [0, 0.05) is 30.6 Å². The fourth-order valence-corrected chi connectivity index (χ4v) is 2.37. The Morgan fingerprint density at radius 2 is 2.12 bits per heavy atom. The average Bonchev–Trinajstić information content (AvgIpc) is 3.04. The zero-order chi connectivity index (χ0) is 18.4. The number of nitrogens with one attached hydrogen (secondary N) is 3. The van der Waals surface area contributed by atoms with Gasteiger partial charge >= 0.3 is 0 Å². The highest BCUT2D eigenvalue weighted by Crippen LogP contribution is 2.30. The van der Waals surface area contributed by atoms with Gasteiger partial charge in [0.2, 0.25) is 11.6 Å². The van der Waals surface area contributed by atoms with Gasteiger partial charge in [0.05, 0.1) is 6.57 Å². The van der Waals surface area contributed by atoms with Crippen LogP contribution in [0.5, 0.6) is 5.88 Å². The van der Waals surface area contributed by atoms with Crippen LogP contribution in [0.2, 0.25) is 0 Å². The molecule has 0 spiro atoms. The van der Waals surface area contributed by atoms with Crippen LogP contribution in [0.15, 0.2) is 36.5 Å². The number of aryl methyl sites for hydroxylation is 2. The minimum absolute atomic E-state index is 0.408. The molecule has 3 aromatic rings. The molecule has 0 aromatic carbocycles. The average molecular weight is 349 g/mol. The number of aromatic amines is 1. The first kappa shape index (κ1) is 17.2. The first-order chi connectivity index (χ1) is 12.7. The SMILES string of the molecule is [C-]#[N+]c1c(C)cc(Nc2cc(C)[nH]n2)nc1NCCOc1ccccn1. The highest BCUT2D eigenvalue weighted by Gasteiger charge is 2.11. The smallest absolute Gasteiger partial charge is 0.231 e. The first-order valence-corrected chi connectivity index (χ1v) is 8.11. The third-order valence-corrected chi connectivity index (χ3v) is 3.54. The van der Waals surface area contributed by atoms with Gasteiger partial charge in [0.1, 0.15) is 18.2 Å². The largest absolute Gasteiger partial charge is 0.476 e. The van der Waals surface area contributed by atoms with Crippen molar-refractivity contribution in [3.05, 3.63) is 59.2 Å². The second-order valence-electron chi connectivity index (χ2n) is 5.64. The Balaban J connectivity index is 1.67. The van der Waals surface area contributed by atoms with Crippen molar-refractivity contribution in [3.8, 4) is 5.88 Å². The van der Waals surface area contributed by atoms with Crippen LogP contribution in [0, 0.1) is 20.4 Å². The molecule has 3 heterocycles. The molecule has 8 nitrogen and oxygen atoms in total. The van der Waals surface area contributed by atoms with Crippen LogP contribution < -0.4 is 15.4 Å². The van der Waals surface area contributed by atoms with Crippen LogP contribution in [0.25, 0.3) is 4.85 Å². The van der Waals surface area contributed by atoms with E-state index in [2.05, 4.69) is 35.6 Å². The van der Waals surface area contributed by atoms with E-state index in [1.165, 1.54) is 0 Å². The monoisotopic (exact) mass is 349 g/mol. The van der Waals surface area contributed by atoms with E-state index in [1.54, 1.807) is 12.3 Å². The Morgan fingerprint density at radius 3 is 2.81 bits per heavy atom. The molecule has 0 saturated heterocycles. The van der Waals surface area contributed by atoms with E-state index in [1.807, 2.05) is 38.1 Å². The molecule has 0 aliphatic carbocycles. The third-order valence-electron chi connectivity index (χ3n) is 3.54. The number of H-pyrrole nitrogens is 1. The van der Waals surface area contributed by atoms with E-state index in [0.29, 0.717) is 42.2 Å². The lowest BCUT2D eigenvalue weighted by atomic mass is 10.2. The molecule has 0 radical (unpaired) electrons. The molecule has 0 bridgehead atoms. The Bertz CT molecular complexity index is 915. The minimum atomic E-state index is 0.408. The van der Waals surface area contributed by atoms with Crippen LogP contribution in [0.1, 0.15) is 11.3 Å². The Kier molecular flexibility index (Phi) is 5.29. The molecular weight excluding hydrogens is 330 g/mol. The quantitative estimate of drug-likeness (QED) is 0.446. The lowest BCUT2D eigenvalue weighted by Gasteiger charge is -2.12. The van der Waals surface area contributed by atoms with E-state index in [-0.39, 0.29) is 0 Å². The maximum atomic E-state index is 7.40. The molecule has 0 aliphatic heterocycles. The summed E-state index contributed by atoms with van der Waals surface area (Å²) >= 11 is 0. The van der Waals surface area contributed by atoms with Gasteiger partial charge in [0.15, 0.2) is 5.82 Å². The Hall–Kier alpha value is -3.60. The summed E-state index contributed by atoms with van der Waals surface area (Å²) in [4.78, 5) is 12.2. The molecule has 3 N–H and O–H groups in total. The van der Waals surface area contributed by atoms with Gasteiger partial charge in [-0.2, -0.15) is 5.10 Å². The number of ether oxygens (including phenoxy) is 1. The third kappa shape index (κ3) is 4.27. The molecule has 26 heavy (non-hydrogen) atoms. The van der Waals surface area contributed by atoms with Crippen molar-refractivity contribution in [2.24, 2.45) is 0 Å². The predicted octanol–water partition coefficient (Wildman–Crippen LogP) is 3.60. The van der Waals surface area contributed by atoms with Crippen LogP contribution in [-0.4, -0.2) is 33.3 Å².